The van der Waals surface area contributed by atoms with Gasteiger partial charge in [0.2, 0.25) is 5.95 Å². The Hall–Kier alpha value is -2.21. The normalized spacial score (nSPS) is 19.1. The summed E-state index contributed by atoms with van der Waals surface area (Å²) in [5.41, 5.74) is 7.79. The summed E-state index contributed by atoms with van der Waals surface area (Å²) in [6.07, 6.45) is 5.55. The van der Waals surface area contributed by atoms with Gasteiger partial charge in [0.05, 0.1) is 11.8 Å². The molecule has 1 aliphatic carbocycles. The minimum atomic E-state index is -0.757. The van der Waals surface area contributed by atoms with Crippen LogP contribution in [0.3, 0.4) is 0 Å². The molecule has 1 aliphatic heterocycles. The van der Waals surface area contributed by atoms with E-state index in [-0.39, 0.29) is 11.8 Å². The van der Waals surface area contributed by atoms with Crippen molar-refractivity contribution in [1.29, 1.82) is 0 Å². The van der Waals surface area contributed by atoms with Crippen LogP contribution in [0, 0.1) is 5.82 Å². The molecule has 0 spiro atoms. The summed E-state index contributed by atoms with van der Waals surface area (Å²) in [6, 6.07) is 6.01. The number of nitrogen functional groups attached to an aromatic ring is 1. The molecule has 23 heavy (non-hydrogen) atoms. The highest BCUT2D eigenvalue weighted by Gasteiger charge is 2.34. The van der Waals surface area contributed by atoms with Crippen LogP contribution in [-0.4, -0.2) is 21.6 Å². The van der Waals surface area contributed by atoms with Crippen molar-refractivity contribution < 1.29 is 9.50 Å². The van der Waals surface area contributed by atoms with Crippen molar-refractivity contribution >= 4 is 17.5 Å². The Morgan fingerprint density at radius 1 is 1.26 bits per heavy atom. The van der Waals surface area contributed by atoms with Crippen molar-refractivity contribution in [2.75, 3.05) is 17.2 Å². The maximum Gasteiger partial charge on any atom is 0.222 e. The van der Waals surface area contributed by atoms with Crippen LogP contribution in [0.15, 0.2) is 24.4 Å². The summed E-state index contributed by atoms with van der Waals surface area (Å²) < 4.78 is 14.1. The first-order valence-electron chi connectivity index (χ1n) is 7.98. The number of nitrogens with two attached hydrogens (primary N) is 1. The molecule has 0 amide bonds. The summed E-state index contributed by atoms with van der Waals surface area (Å²) in [5, 5.41) is 10.8. The van der Waals surface area contributed by atoms with Gasteiger partial charge in [-0.2, -0.15) is 4.98 Å². The van der Waals surface area contributed by atoms with Gasteiger partial charge in [0.25, 0.3) is 0 Å². The summed E-state index contributed by atoms with van der Waals surface area (Å²) in [4.78, 5) is 9.56. The summed E-state index contributed by atoms with van der Waals surface area (Å²) in [6.45, 7) is 0.643. The monoisotopic (exact) mass is 314 g/mol. The van der Waals surface area contributed by atoms with Crippen LogP contribution in [0.5, 0.6) is 0 Å². The third-order valence-electron chi connectivity index (χ3n) is 4.95. The van der Waals surface area contributed by atoms with Gasteiger partial charge in [0.1, 0.15) is 0 Å². The van der Waals surface area contributed by atoms with Crippen molar-refractivity contribution in [2.45, 2.75) is 37.7 Å². The molecule has 0 atom stereocenters. The van der Waals surface area contributed by atoms with E-state index in [0.717, 1.165) is 55.1 Å². The summed E-state index contributed by atoms with van der Waals surface area (Å²) >= 11 is 0. The quantitative estimate of drug-likeness (QED) is 0.891. The maximum atomic E-state index is 14.1. The largest absolute Gasteiger partial charge is 0.385 e. The second kappa shape index (κ2) is 5.16. The molecule has 0 unspecified atom stereocenters. The van der Waals surface area contributed by atoms with Crippen molar-refractivity contribution in [2.24, 2.45) is 0 Å². The topological polar surface area (TPSA) is 75.3 Å². The van der Waals surface area contributed by atoms with Crippen LogP contribution in [0.25, 0.3) is 0 Å². The van der Waals surface area contributed by atoms with Crippen LogP contribution in [0.4, 0.5) is 21.8 Å². The van der Waals surface area contributed by atoms with Gasteiger partial charge in [0.15, 0.2) is 11.6 Å². The first-order chi connectivity index (χ1) is 11.1. The SMILES string of the molecule is Nc1ncc(F)c(N2CCc3ccc(C4(O)CCCC4)cc32)n1. The van der Waals surface area contributed by atoms with Gasteiger partial charge >= 0.3 is 0 Å². The minimum absolute atomic E-state index is 0.0559. The number of hydrogen-bond donors (Lipinski definition) is 2. The third kappa shape index (κ3) is 2.34. The number of anilines is 3. The van der Waals surface area contributed by atoms with E-state index in [1.54, 1.807) is 0 Å². The Labute approximate surface area is 134 Å². The Balaban J connectivity index is 1.77. The van der Waals surface area contributed by atoms with Crippen molar-refractivity contribution in [1.82, 2.24) is 9.97 Å². The Kier molecular flexibility index (Phi) is 3.23. The lowest BCUT2D eigenvalue weighted by atomic mass is 9.91. The molecule has 0 bridgehead atoms. The van der Waals surface area contributed by atoms with Crippen LogP contribution in [0.2, 0.25) is 0 Å². The Bertz CT molecular complexity index is 758. The standard InChI is InChI=1S/C17H19FN4O/c18-13-10-20-16(19)21-15(13)22-8-5-11-3-4-12(9-14(11)22)17(23)6-1-2-7-17/h3-4,9-10,23H,1-2,5-8H2,(H2,19,20,21). The molecular weight excluding hydrogens is 295 g/mol. The van der Waals surface area contributed by atoms with E-state index in [1.165, 1.54) is 0 Å². The van der Waals surface area contributed by atoms with Crippen molar-refractivity contribution in [3.63, 3.8) is 0 Å². The van der Waals surface area contributed by atoms with Crippen LogP contribution in [-0.2, 0) is 12.0 Å². The molecule has 2 aromatic rings. The average molecular weight is 314 g/mol. The molecule has 0 radical (unpaired) electrons. The molecule has 1 aromatic heterocycles. The van der Waals surface area contributed by atoms with E-state index in [4.69, 9.17) is 5.73 Å². The fourth-order valence-electron chi connectivity index (χ4n) is 3.70. The zero-order valence-electron chi connectivity index (χ0n) is 12.8. The van der Waals surface area contributed by atoms with Gasteiger partial charge in [-0.05, 0) is 36.5 Å². The fourth-order valence-corrected chi connectivity index (χ4v) is 3.70. The predicted octanol–water partition coefficient (Wildman–Crippen LogP) is 2.65. The number of aromatic nitrogens is 2. The summed E-state index contributed by atoms with van der Waals surface area (Å²) in [5.74, 6) is -0.232. The minimum Gasteiger partial charge on any atom is -0.385 e. The molecule has 1 fully saturated rings. The average Bonchev–Trinajstić information content (AvgIpc) is 3.16. The Morgan fingerprint density at radius 3 is 2.83 bits per heavy atom. The van der Waals surface area contributed by atoms with Crippen molar-refractivity contribution in [3.05, 3.63) is 41.3 Å². The van der Waals surface area contributed by atoms with Crippen LogP contribution >= 0.6 is 0 Å². The molecule has 3 N–H and O–H groups in total. The number of aliphatic hydroxyl groups is 1. The van der Waals surface area contributed by atoms with E-state index < -0.39 is 11.4 Å². The Morgan fingerprint density at radius 2 is 2.04 bits per heavy atom. The second-order valence-corrected chi connectivity index (χ2v) is 6.38. The van der Waals surface area contributed by atoms with Gasteiger partial charge in [-0.25, -0.2) is 9.37 Å². The smallest absolute Gasteiger partial charge is 0.222 e. The van der Waals surface area contributed by atoms with Gasteiger partial charge in [-0.1, -0.05) is 25.0 Å². The lowest BCUT2D eigenvalue weighted by Gasteiger charge is -2.25. The first-order valence-corrected chi connectivity index (χ1v) is 7.98. The van der Waals surface area contributed by atoms with E-state index in [2.05, 4.69) is 9.97 Å². The van der Waals surface area contributed by atoms with E-state index in [9.17, 15) is 9.50 Å². The number of benzene rings is 1. The predicted molar refractivity (Wildman–Crippen MR) is 85.9 cm³/mol. The summed E-state index contributed by atoms with van der Waals surface area (Å²) in [7, 11) is 0. The van der Waals surface area contributed by atoms with Gasteiger partial charge < -0.3 is 15.7 Å². The highest BCUT2D eigenvalue weighted by Crippen LogP contribution is 2.42. The van der Waals surface area contributed by atoms with Crippen molar-refractivity contribution in [3.8, 4) is 0 Å². The van der Waals surface area contributed by atoms with Crippen LogP contribution < -0.4 is 10.6 Å². The molecule has 4 rings (SSSR count). The molecule has 120 valence electrons. The zero-order chi connectivity index (χ0) is 16.0. The third-order valence-corrected chi connectivity index (χ3v) is 4.95. The molecule has 0 saturated heterocycles. The van der Waals surface area contributed by atoms with Gasteiger partial charge in [-0.3, -0.25) is 0 Å². The molecule has 6 heteroatoms. The molecule has 1 aromatic carbocycles. The van der Waals surface area contributed by atoms with Gasteiger partial charge in [0, 0.05) is 12.2 Å². The highest BCUT2D eigenvalue weighted by molar-refractivity contribution is 5.69. The lowest BCUT2D eigenvalue weighted by molar-refractivity contribution is 0.0445. The lowest BCUT2D eigenvalue weighted by Crippen LogP contribution is -2.22. The maximum absolute atomic E-state index is 14.1. The van der Waals surface area contributed by atoms with E-state index in [0.29, 0.717) is 6.54 Å². The highest BCUT2D eigenvalue weighted by atomic mass is 19.1. The zero-order valence-corrected chi connectivity index (χ0v) is 12.8. The number of nitrogens with zero attached hydrogens (tertiary/aromatic N) is 3. The number of halogens is 1. The van der Waals surface area contributed by atoms with E-state index >= 15 is 0 Å². The molecule has 2 heterocycles. The van der Waals surface area contributed by atoms with Gasteiger partial charge in [-0.15, -0.1) is 0 Å². The molecule has 5 nitrogen and oxygen atoms in total. The molecular formula is C17H19FN4O. The van der Waals surface area contributed by atoms with E-state index in [1.807, 2.05) is 23.1 Å². The number of fused-ring (bicyclic) bond motifs is 1. The first kappa shape index (κ1) is 14.4. The second-order valence-electron chi connectivity index (χ2n) is 6.38. The number of rotatable bonds is 2. The van der Waals surface area contributed by atoms with Crippen LogP contribution in [0.1, 0.15) is 36.8 Å². The molecule has 2 aliphatic rings. The number of hydrogen-bond acceptors (Lipinski definition) is 5. The fraction of sp³-hybridized carbons (Fsp3) is 0.412. The molecule has 1 saturated carbocycles.